The summed E-state index contributed by atoms with van der Waals surface area (Å²) < 4.78 is 15.7. The van der Waals surface area contributed by atoms with Crippen LogP contribution in [0.5, 0.6) is 0 Å². The van der Waals surface area contributed by atoms with Gasteiger partial charge in [-0.1, -0.05) is 34.1 Å². The minimum Gasteiger partial charge on any atom is -0.298 e. The molecule has 3 aromatic rings. The smallest absolute Gasteiger partial charge is 0.153 e. The van der Waals surface area contributed by atoms with Crippen molar-refractivity contribution in [2.45, 2.75) is 0 Å². The van der Waals surface area contributed by atoms with Crippen molar-refractivity contribution < 1.29 is 9.18 Å². The molecule has 0 atom stereocenters. The number of hydrogen-bond donors (Lipinski definition) is 0. The molecule has 0 bridgehead atoms. The van der Waals surface area contributed by atoms with Crippen LogP contribution in [0.4, 0.5) is 4.39 Å². The van der Waals surface area contributed by atoms with Crippen molar-refractivity contribution in [2.24, 2.45) is 0 Å². The molecule has 1 aromatic heterocycles. The second-order valence-electron chi connectivity index (χ2n) is 4.48. The van der Waals surface area contributed by atoms with Gasteiger partial charge in [0.05, 0.1) is 11.3 Å². The van der Waals surface area contributed by atoms with Crippen molar-refractivity contribution in [1.82, 2.24) is 9.78 Å². The molecule has 0 saturated carbocycles. The second kappa shape index (κ2) is 5.61. The van der Waals surface area contributed by atoms with E-state index in [4.69, 9.17) is 0 Å². The molecule has 0 radical (unpaired) electrons. The van der Waals surface area contributed by atoms with E-state index in [1.807, 2.05) is 24.3 Å². The van der Waals surface area contributed by atoms with Crippen LogP contribution >= 0.6 is 15.9 Å². The fourth-order valence-electron chi connectivity index (χ4n) is 2.06. The van der Waals surface area contributed by atoms with Gasteiger partial charge in [-0.25, -0.2) is 9.07 Å². The van der Waals surface area contributed by atoms with E-state index in [-0.39, 0.29) is 5.82 Å². The van der Waals surface area contributed by atoms with E-state index in [0.29, 0.717) is 16.9 Å². The highest BCUT2D eigenvalue weighted by molar-refractivity contribution is 9.10. The summed E-state index contributed by atoms with van der Waals surface area (Å²) in [6, 6.07) is 13.6. The fraction of sp³-hybridized carbons (Fsp3) is 0. The van der Waals surface area contributed by atoms with Crippen molar-refractivity contribution in [2.75, 3.05) is 0 Å². The first-order chi connectivity index (χ1) is 10.2. The monoisotopic (exact) mass is 344 g/mol. The standard InChI is InChI=1S/C16H10BrFN2O/c17-13-6-4-11(5-7-13)16-12(10-21)9-20(19-16)15-3-1-2-14(18)8-15/h1-10H. The molecule has 3 rings (SSSR count). The lowest BCUT2D eigenvalue weighted by Crippen LogP contribution is -1.95. The van der Waals surface area contributed by atoms with Crippen molar-refractivity contribution in [1.29, 1.82) is 0 Å². The van der Waals surface area contributed by atoms with Gasteiger partial charge in [0, 0.05) is 16.2 Å². The Balaban J connectivity index is 2.10. The largest absolute Gasteiger partial charge is 0.298 e. The number of benzene rings is 2. The summed E-state index contributed by atoms with van der Waals surface area (Å²) in [6.07, 6.45) is 2.35. The molecule has 21 heavy (non-hydrogen) atoms. The van der Waals surface area contributed by atoms with Gasteiger partial charge < -0.3 is 0 Å². The highest BCUT2D eigenvalue weighted by Gasteiger charge is 2.12. The predicted octanol–water partition coefficient (Wildman–Crippen LogP) is 4.25. The highest BCUT2D eigenvalue weighted by Crippen LogP contribution is 2.24. The Hall–Kier alpha value is -2.27. The molecule has 0 aliphatic heterocycles. The predicted molar refractivity (Wildman–Crippen MR) is 82.0 cm³/mol. The number of aldehydes is 1. The molecule has 0 aliphatic carbocycles. The van der Waals surface area contributed by atoms with Gasteiger partial charge >= 0.3 is 0 Å². The Morgan fingerprint density at radius 2 is 1.90 bits per heavy atom. The van der Waals surface area contributed by atoms with Crippen LogP contribution in [-0.4, -0.2) is 16.1 Å². The van der Waals surface area contributed by atoms with E-state index < -0.39 is 0 Å². The van der Waals surface area contributed by atoms with Crippen LogP contribution in [0, 0.1) is 5.82 Å². The third-order valence-corrected chi connectivity index (χ3v) is 3.59. The zero-order chi connectivity index (χ0) is 14.8. The Morgan fingerprint density at radius 3 is 2.57 bits per heavy atom. The minimum absolute atomic E-state index is 0.346. The van der Waals surface area contributed by atoms with Crippen molar-refractivity contribution in [3.63, 3.8) is 0 Å². The van der Waals surface area contributed by atoms with E-state index in [1.165, 1.54) is 16.8 Å². The molecule has 2 aromatic carbocycles. The van der Waals surface area contributed by atoms with Gasteiger partial charge in [-0.15, -0.1) is 0 Å². The Morgan fingerprint density at radius 1 is 1.14 bits per heavy atom. The van der Waals surface area contributed by atoms with Crippen LogP contribution in [0.1, 0.15) is 10.4 Å². The summed E-state index contributed by atoms with van der Waals surface area (Å²) in [6.45, 7) is 0. The van der Waals surface area contributed by atoms with E-state index in [9.17, 15) is 9.18 Å². The summed E-state index contributed by atoms with van der Waals surface area (Å²) in [4.78, 5) is 11.2. The number of carbonyl (C=O) groups excluding carboxylic acids is 1. The minimum atomic E-state index is -0.346. The van der Waals surface area contributed by atoms with Gasteiger partial charge in [0.15, 0.2) is 6.29 Å². The maximum atomic E-state index is 13.3. The van der Waals surface area contributed by atoms with Gasteiger partial charge in [-0.3, -0.25) is 4.79 Å². The van der Waals surface area contributed by atoms with Crippen molar-refractivity contribution >= 4 is 22.2 Å². The summed E-state index contributed by atoms with van der Waals surface area (Å²) in [7, 11) is 0. The Bertz CT molecular complexity index is 796. The first-order valence-corrected chi connectivity index (χ1v) is 7.03. The SMILES string of the molecule is O=Cc1cn(-c2cccc(F)c2)nc1-c1ccc(Br)cc1. The van der Waals surface area contributed by atoms with Crippen LogP contribution in [0.15, 0.2) is 59.2 Å². The fourth-order valence-corrected chi connectivity index (χ4v) is 2.32. The van der Waals surface area contributed by atoms with Crippen LogP contribution in [0.3, 0.4) is 0 Å². The lowest BCUT2D eigenvalue weighted by Gasteiger charge is -2.01. The molecular formula is C16H10BrFN2O. The quantitative estimate of drug-likeness (QED) is 0.665. The third-order valence-electron chi connectivity index (χ3n) is 3.06. The molecule has 0 N–H and O–H groups in total. The Labute approximate surface area is 129 Å². The van der Waals surface area contributed by atoms with E-state index in [0.717, 1.165) is 16.3 Å². The van der Waals surface area contributed by atoms with E-state index in [1.54, 1.807) is 18.3 Å². The average Bonchev–Trinajstić information content (AvgIpc) is 2.92. The zero-order valence-corrected chi connectivity index (χ0v) is 12.4. The normalized spacial score (nSPS) is 10.6. The van der Waals surface area contributed by atoms with E-state index in [2.05, 4.69) is 21.0 Å². The third kappa shape index (κ3) is 2.78. The summed E-state index contributed by atoms with van der Waals surface area (Å²) in [5, 5.41) is 4.40. The van der Waals surface area contributed by atoms with Gasteiger partial charge in [-0.05, 0) is 30.3 Å². The summed E-state index contributed by atoms with van der Waals surface area (Å²) in [5.41, 5.74) is 2.43. The van der Waals surface area contributed by atoms with Crippen molar-refractivity contribution in [3.8, 4) is 16.9 Å². The first-order valence-electron chi connectivity index (χ1n) is 6.24. The van der Waals surface area contributed by atoms with Crippen LogP contribution in [-0.2, 0) is 0 Å². The first kappa shape index (κ1) is 13.7. The molecule has 0 unspecified atom stereocenters. The molecule has 0 fully saturated rings. The van der Waals surface area contributed by atoms with Gasteiger partial charge in [0.1, 0.15) is 11.5 Å². The molecular weight excluding hydrogens is 335 g/mol. The number of carbonyl (C=O) groups is 1. The molecule has 5 heteroatoms. The zero-order valence-electron chi connectivity index (χ0n) is 10.8. The summed E-state index contributed by atoms with van der Waals surface area (Å²) >= 11 is 3.37. The lowest BCUT2D eigenvalue weighted by atomic mass is 10.1. The topological polar surface area (TPSA) is 34.9 Å². The molecule has 0 amide bonds. The Kier molecular flexibility index (Phi) is 3.66. The maximum Gasteiger partial charge on any atom is 0.153 e. The molecule has 104 valence electrons. The molecule has 0 saturated heterocycles. The molecule has 0 aliphatic rings. The number of rotatable bonds is 3. The average molecular weight is 345 g/mol. The van der Waals surface area contributed by atoms with Gasteiger partial charge in [-0.2, -0.15) is 5.10 Å². The lowest BCUT2D eigenvalue weighted by molar-refractivity contribution is 0.112. The number of aromatic nitrogens is 2. The van der Waals surface area contributed by atoms with E-state index >= 15 is 0 Å². The maximum absolute atomic E-state index is 13.3. The number of nitrogens with zero attached hydrogens (tertiary/aromatic N) is 2. The molecule has 3 nitrogen and oxygen atoms in total. The van der Waals surface area contributed by atoms with Crippen molar-refractivity contribution in [3.05, 3.63) is 70.6 Å². The second-order valence-corrected chi connectivity index (χ2v) is 5.40. The van der Waals surface area contributed by atoms with Crippen LogP contribution < -0.4 is 0 Å². The van der Waals surface area contributed by atoms with Gasteiger partial charge in [0.2, 0.25) is 0 Å². The number of halogens is 2. The highest BCUT2D eigenvalue weighted by atomic mass is 79.9. The van der Waals surface area contributed by atoms with Crippen LogP contribution in [0.2, 0.25) is 0 Å². The number of hydrogen-bond acceptors (Lipinski definition) is 2. The summed E-state index contributed by atoms with van der Waals surface area (Å²) in [5.74, 6) is -0.346. The van der Waals surface area contributed by atoms with Crippen LogP contribution in [0.25, 0.3) is 16.9 Å². The molecule has 0 spiro atoms. The molecule has 1 heterocycles. The van der Waals surface area contributed by atoms with Gasteiger partial charge in [0.25, 0.3) is 0 Å².